The first kappa shape index (κ1) is 16.4. The molecule has 1 heterocycles. The molecular formula is C19H17N3O3. The molecule has 0 saturated heterocycles. The molecule has 0 bridgehead atoms. The van der Waals surface area contributed by atoms with Gasteiger partial charge < -0.3 is 10.4 Å². The standard InChI is InChI=1S/C19H17N3O3/c1-13-2-4-14(5-3-13)17-10-19(25)22(12-20-17)11-18(24)21-15-6-8-16(23)9-7-15/h2-10,12,23H,11H2,1H3,(H,21,24). The van der Waals surface area contributed by atoms with Crippen LogP contribution in [0, 0.1) is 6.92 Å². The molecule has 0 saturated carbocycles. The first-order chi connectivity index (χ1) is 12.0. The molecule has 0 aliphatic rings. The quantitative estimate of drug-likeness (QED) is 0.718. The third-order valence-electron chi connectivity index (χ3n) is 3.69. The lowest BCUT2D eigenvalue weighted by Crippen LogP contribution is -2.27. The van der Waals surface area contributed by atoms with Crippen molar-refractivity contribution in [1.82, 2.24) is 9.55 Å². The summed E-state index contributed by atoms with van der Waals surface area (Å²) in [5, 5.41) is 11.9. The molecule has 0 aliphatic carbocycles. The number of hydrogen-bond acceptors (Lipinski definition) is 4. The van der Waals surface area contributed by atoms with Crippen LogP contribution in [0.4, 0.5) is 5.69 Å². The topological polar surface area (TPSA) is 84.2 Å². The number of nitrogens with zero attached hydrogens (tertiary/aromatic N) is 2. The average molecular weight is 335 g/mol. The smallest absolute Gasteiger partial charge is 0.254 e. The van der Waals surface area contributed by atoms with Crippen molar-refractivity contribution < 1.29 is 9.90 Å². The Hall–Kier alpha value is -3.41. The fraction of sp³-hybridized carbons (Fsp3) is 0.105. The van der Waals surface area contributed by atoms with Gasteiger partial charge in [-0.2, -0.15) is 0 Å². The highest BCUT2D eigenvalue weighted by Gasteiger charge is 2.07. The zero-order chi connectivity index (χ0) is 17.8. The van der Waals surface area contributed by atoms with Crippen LogP contribution < -0.4 is 10.9 Å². The second-order valence-corrected chi connectivity index (χ2v) is 5.70. The van der Waals surface area contributed by atoms with Crippen LogP contribution in [0.1, 0.15) is 5.56 Å². The van der Waals surface area contributed by atoms with Crippen LogP contribution in [-0.2, 0) is 11.3 Å². The zero-order valence-electron chi connectivity index (χ0n) is 13.6. The molecule has 0 aliphatic heterocycles. The van der Waals surface area contributed by atoms with Gasteiger partial charge in [0.2, 0.25) is 5.91 Å². The van der Waals surface area contributed by atoms with E-state index in [2.05, 4.69) is 10.3 Å². The third-order valence-corrected chi connectivity index (χ3v) is 3.69. The molecule has 0 fully saturated rings. The number of aromatic hydroxyl groups is 1. The normalized spacial score (nSPS) is 10.4. The van der Waals surface area contributed by atoms with E-state index in [1.807, 2.05) is 31.2 Å². The number of benzene rings is 2. The number of hydrogen-bond donors (Lipinski definition) is 2. The minimum absolute atomic E-state index is 0.116. The summed E-state index contributed by atoms with van der Waals surface area (Å²) in [5.74, 6) is -0.234. The van der Waals surface area contributed by atoms with Crippen LogP contribution in [0.15, 0.2) is 65.7 Å². The number of nitrogens with one attached hydrogen (secondary N) is 1. The number of rotatable bonds is 4. The molecule has 25 heavy (non-hydrogen) atoms. The predicted octanol–water partition coefficient (Wildman–Crippen LogP) is 2.56. The maximum absolute atomic E-state index is 12.2. The van der Waals surface area contributed by atoms with E-state index in [0.29, 0.717) is 11.4 Å². The van der Waals surface area contributed by atoms with Gasteiger partial charge in [-0.25, -0.2) is 4.98 Å². The molecule has 1 amide bonds. The van der Waals surface area contributed by atoms with E-state index in [1.54, 1.807) is 12.1 Å². The van der Waals surface area contributed by atoms with Gasteiger partial charge in [-0.05, 0) is 31.2 Å². The molecule has 6 heteroatoms. The third kappa shape index (κ3) is 4.11. The molecule has 126 valence electrons. The van der Waals surface area contributed by atoms with Crippen LogP contribution >= 0.6 is 0 Å². The number of aromatic nitrogens is 2. The molecular weight excluding hydrogens is 318 g/mol. The highest BCUT2D eigenvalue weighted by Crippen LogP contribution is 2.15. The molecule has 0 spiro atoms. The highest BCUT2D eigenvalue weighted by molar-refractivity contribution is 5.90. The summed E-state index contributed by atoms with van der Waals surface area (Å²) in [6, 6.07) is 15.2. The van der Waals surface area contributed by atoms with E-state index in [4.69, 9.17) is 0 Å². The van der Waals surface area contributed by atoms with Crippen LogP contribution in [0.5, 0.6) is 5.75 Å². The monoisotopic (exact) mass is 335 g/mol. The van der Waals surface area contributed by atoms with E-state index in [0.717, 1.165) is 11.1 Å². The Balaban J connectivity index is 1.72. The van der Waals surface area contributed by atoms with Gasteiger partial charge in [0, 0.05) is 17.3 Å². The largest absolute Gasteiger partial charge is 0.508 e. The van der Waals surface area contributed by atoms with E-state index in [1.165, 1.54) is 29.1 Å². The van der Waals surface area contributed by atoms with E-state index in [-0.39, 0.29) is 23.8 Å². The van der Waals surface area contributed by atoms with Crippen molar-refractivity contribution in [3.63, 3.8) is 0 Å². The van der Waals surface area contributed by atoms with Crippen LogP contribution in [0.2, 0.25) is 0 Å². The summed E-state index contributed by atoms with van der Waals surface area (Å²) in [5.41, 5.74) is 2.79. The lowest BCUT2D eigenvalue weighted by Gasteiger charge is -2.08. The fourth-order valence-corrected chi connectivity index (χ4v) is 2.33. The first-order valence-electron chi connectivity index (χ1n) is 7.74. The number of carbonyl (C=O) groups excluding carboxylic acids is 1. The number of phenols is 1. The maximum Gasteiger partial charge on any atom is 0.254 e. The van der Waals surface area contributed by atoms with Crippen molar-refractivity contribution in [3.05, 3.63) is 76.8 Å². The predicted molar refractivity (Wildman–Crippen MR) is 95.4 cm³/mol. The van der Waals surface area contributed by atoms with Crippen molar-refractivity contribution in [2.75, 3.05) is 5.32 Å². The van der Waals surface area contributed by atoms with Gasteiger partial charge in [0.05, 0.1) is 12.0 Å². The maximum atomic E-state index is 12.2. The number of aryl methyl sites for hydroxylation is 1. The van der Waals surface area contributed by atoms with Crippen molar-refractivity contribution in [2.45, 2.75) is 13.5 Å². The summed E-state index contributed by atoms with van der Waals surface area (Å²) >= 11 is 0. The van der Waals surface area contributed by atoms with Gasteiger partial charge in [0.15, 0.2) is 0 Å². The van der Waals surface area contributed by atoms with Crippen molar-refractivity contribution in [1.29, 1.82) is 0 Å². The molecule has 0 unspecified atom stereocenters. The molecule has 2 aromatic carbocycles. The molecule has 0 atom stereocenters. The van der Waals surface area contributed by atoms with E-state index < -0.39 is 0 Å². The Morgan fingerprint density at radius 3 is 2.44 bits per heavy atom. The van der Waals surface area contributed by atoms with Crippen molar-refractivity contribution in [2.24, 2.45) is 0 Å². The minimum atomic E-state index is -0.349. The van der Waals surface area contributed by atoms with Crippen molar-refractivity contribution >= 4 is 11.6 Å². The first-order valence-corrected chi connectivity index (χ1v) is 7.74. The Labute approximate surface area is 144 Å². The lowest BCUT2D eigenvalue weighted by molar-refractivity contribution is -0.116. The lowest BCUT2D eigenvalue weighted by atomic mass is 10.1. The Kier molecular flexibility index (Phi) is 4.61. The van der Waals surface area contributed by atoms with Crippen LogP contribution in [0.3, 0.4) is 0 Å². The average Bonchev–Trinajstić information content (AvgIpc) is 2.59. The molecule has 3 aromatic rings. The van der Waals surface area contributed by atoms with Crippen LogP contribution in [0.25, 0.3) is 11.3 Å². The molecule has 0 radical (unpaired) electrons. The summed E-state index contributed by atoms with van der Waals surface area (Å²) in [6.45, 7) is 1.85. The van der Waals surface area contributed by atoms with Gasteiger partial charge in [-0.1, -0.05) is 29.8 Å². The Morgan fingerprint density at radius 1 is 1.12 bits per heavy atom. The number of anilines is 1. The zero-order valence-corrected chi connectivity index (χ0v) is 13.6. The van der Waals surface area contributed by atoms with Gasteiger partial charge in [0.25, 0.3) is 5.56 Å². The number of carbonyl (C=O) groups is 1. The molecule has 6 nitrogen and oxygen atoms in total. The van der Waals surface area contributed by atoms with Crippen molar-refractivity contribution in [3.8, 4) is 17.0 Å². The highest BCUT2D eigenvalue weighted by atomic mass is 16.3. The summed E-state index contributed by atoms with van der Waals surface area (Å²) < 4.78 is 1.24. The molecule has 1 aromatic heterocycles. The minimum Gasteiger partial charge on any atom is -0.508 e. The second kappa shape index (κ2) is 7.00. The summed E-state index contributed by atoms with van der Waals surface area (Å²) in [7, 11) is 0. The van der Waals surface area contributed by atoms with E-state index >= 15 is 0 Å². The summed E-state index contributed by atoms with van der Waals surface area (Å²) in [4.78, 5) is 28.5. The molecule has 2 N–H and O–H groups in total. The van der Waals surface area contributed by atoms with Gasteiger partial charge >= 0.3 is 0 Å². The van der Waals surface area contributed by atoms with Gasteiger partial charge in [-0.3, -0.25) is 14.2 Å². The number of amides is 1. The Morgan fingerprint density at radius 2 is 1.80 bits per heavy atom. The number of phenolic OH excluding ortho intramolecular Hbond substituents is 1. The SMILES string of the molecule is Cc1ccc(-c2cc(=O)n(CC(=O)Nc3ccc(O)cc3)cn2)cc1. The fourth-order valence-electron chi connectivity index (χ4n) is 2.33. The van der Waals surface area contributed by atoms with E-state index in [9.17, 15) is 14.7 Å². The Bertz CT molecular complexity index is 945. The van der Waals surface area contributed by atoms with Gasteiger partial charge in [0.1, 0.15) is 12.3 Å². The second-order valence-electron chi connectivity index (χ2n) is 5.70. The van der Waals surface area contributed by atoms with Gasteiger partial charge in [-0.15, -0.1) is 0 Å². The summed E-state index contributed by atoms with van der Waals surface area (Å²) in [6.07, 6.45) is 1.37. The molecule has 3 rings (SSSR count). The van der Waals surface area contributed by atoms with Crippen LogP contribution in [-0.4, -0.2) is 20.6 Å².